The number of hydrogen-bond donors (Lipinski definition) is 1. The SMILES string of the molecule is Oc1c(C=NC2C=CC=C2)cccc1-c1c2ccccc2cc2ccccc12.[Cl][Zr][Cl]. The monoisotopic (exact) mass is 521 g/mol. The number of aromatic hydroxyl groups is 1. The molecule has 2 nitrogen and oxygen atoms in total. The summed E-state index contributed by atoms with van der Waals surface area (Å²) in [7, 11) is 9.87. The van der Waals surface area contributed by atoms with Crippen molar-refractivity contribution in [3.05, 3.63) is 103 Å². The van der Waals surface area contributed by atoms with Crippen LogP contribution in [0, 0.1) is 0 Å². The number of para-hydroxylation sites is 1. The first-order valence-corrected chi connectivity index (χ1v) is 16.1. The van der Waals surface area contributed by atoms with Crippen molar-refractivity contribution in [2.75, 3.05) is 0 Å². The average Bonchev–Trinajstić information content (AvgIpc) is 3.31. The van der Waals surface area contributed by atoms with E-state index in [0.29, 0.717) is 0 Å². The van der Waals surface area contributed by atoms with Gasteiger partial charge in [-0.1, -0.05) is 85.0 Å². The van der Waals surface area contributed by atoms with Crippen LogP contribution >= 0.6 is 17.0 Å². The number of aliphatic imine (C=N–C) groups is 1. The Morgan fingerprint density at radius 3 is 2.00 bits per heavy atom. The maximum absolute atomic E-state index is 11.1. The Labute approximate surface area is 200 Å². The Bertz CT molecular complexity index is 1250. The number of nitrogens with zero attached hydrogens (tertiary/aromatic N) is 1. The third kappa shape index (κ3) is 4.85. The van der Waals surface area contributed by atoms with Gasteiger partial charge in [-0.15, -0.1) is 0 Å². The number of phenolic OH excluding ortho intramolecular Hbond substituents is 1. The maximum atomic E-state index is 11.1. The molecule has 0 atom stereocenters. The molecule has 4 aromatic rings. The van der Waals surface area contributed by atoms with Crippen LogP contribution in [0.15, 0.2) is 102 Å². The summed E-state index contributed by atoms with van der Waals surface area (Å²) in [5.41, 5.74) is 2.61. The van der Waals surface area contributed by atoms with E-state index in [1.807, 2.05) is 66.8 Å². The van der Waals surface area contributed by atoms with Gasteiger partial charge < -0.3 is 5.11 Å². The summed E-state index contributed by atoms with van der Waals surface area (Å²) in [6, 6.07) is 24.8. The van der Waals surface area contributed by atoms with E-state index in [0.717, 1.165) is 38.2 Å². The molecular weight excluding hydrogens is 504 g/mol. The Balaban J connectivity index is 0.000000730. The van der Waals surface area contributed by atoms with E-state index >= 15 is 0 Å². The molecule has 0 radical (unpaired) electrons. The molecule has 1 aliphatic rings. The summed E-state index contributed by atoms with van der Waals surface area (Å²) in [5, 5.41) is 15.7. The Hall–Kier alpha value is -2.19. The summed E-state index contributed by atoms with van der Waals surface area (Å²) >= 11 is -0.826. The molecule has 0 heterocycles. The number of allylic oxidation sites excluding steroid dienone is 2. The van der Waals surface area contributed by atoms with Crippen LogP contribution < -0.4 is 0 Å². The van der Waals surface area contributed by atoms with Gasteiger partial charge in [-0.3, -0.25) is 4.99 Å². The van der Waals surface area contributed by atoms with E-state index < -0.39 is 20.8 Å². The van der Waals surface area contributed by atoms with Gasteiger partial charge in [0.15, 0.2) is 0 Å². The van der Waals surface area contributed by atoms with Gasteiger partial charge in [0.1, 0.15) is 5.75 Å². The molecule has 0 saturated heterocycles. The van der Waals surface area contributed by atoms with Gasteiger partial charge in [0.2, 0.25) is 0 Å². The zero-order chi connectivity index (χ0) is 21.6. The van der Waals surface area contributed by atoms with Crippen molar-refractivity contribution in [2.24, 2.45) is 4.99 Å². The molecule has 0 unspecified atom stereocenters. The van der Waals surface area contributed by atoms with Crippen molar-refractivity contribution in [1.29, 1.82) is 0 Å². The normalized spacial score (nSPS) is 13.1. The fourth-order valence-electron chi connectivity index (χ4n) is 3.86. The minimum atomic E-state index is -0.826. The van der Waals surface area contributed by atoms with E-state index in [1.165, 1.54) is 0 Å². The summed E-state index contributed by atoms with van der Waals surface area (Å²) in [5.74, 6) is 0.263. The van der Waals surface area contributed by atoms with Crippen molar-refractivity contribution in [2.45, 2.75) is 6.04 Å². The van der Waals surface area contributed by atoms with E-state index in [1.54, 1.807) is 6.21 Å². The molecule has 5 rings (SSSR count). The predicted molar refractivity (Wildman–Crippen MR) is 130 cm³/mol. The quantitative estimate of drug-likeness (QED) is 0.217. The Morgan fingerprint density at radius 2 is 1.39 bits per heavy atom. The van der Waals surface area contributed by atoms with Crippen LogP contribution in [0.5, 0.6) is 5.75 Å². The van der Waals surface area contributed by atoms with E-state index in [4.69, 9.17) is 17.0 Å². The first kappa shape index (κ1) is 22.0. The second-order valence-electron chi connectivity index (χ2n) is 7.05. The van der Waals surface area contributed by atoms with E-state index in [-0.39, 0.29) is 11.8 Å². The number of hydrogen-bond acceptors (Lipinski definition) is 2. The van der Waals surface area contributed by atoms with E-state index in [2.05, 4.69) is 35.3 Å². The molecule has 0 bridgehead atoms. The second kappa shape index (κ2) is 10.4. The molecule has 4 aromatic carbocycles. The topological polar surface area (TPSA) is 32.6 Å². The van der Waals surface area contributed by atoms with Crippen molar-refractivity contribution in [1.82, 2.24) is 0 Å². The number of phenols is 1. The number of benzene rings is 4. The molecule has 0 saturated carbocycles. The van der Waals surface area contributed by atoms with Crippen molar-refractivity contribution < 1.29 is 26.0 Å². The molecule has 0 spiro atoms. The van der Waals surface area contributed by atoms with Crippen molar-refractivity contribution >= 4 is 44.8 Å². The first-order valence-electron chi connectivity index (χ1n) is 9.80. The zero-order valence-electron chi connectivity index (χ0n) is 16.5. The molecule has 5 heteroatoms. The van der Waals surface area contributed by atoms with Crippen LogP contribution in [0.25, 0.3) is 32.7 Å². The standard InChI is InChI=1S/C26H19NO.2ClH.Zr/c28-26-20(17-27-21-11-3-4-12-21)10-7-15-24(26)25-22-13-5-1-8-18(22)16-19-9-2-6-14-23(19)25;;;/h1-17,21,28H;2*1H;/q;;;+2/p-2. The van der Waals surface area contributed by atoms with Crippen molar-refractivity contribution in [3.8, 4) is 16.9 Å². The third-order valence-electron chi connectivity index (χ3n) is 5.22. The molecule has 0 amide bonds. The zero-order valence-corrected chi connectivity index (χ0v) is 20.5. The van der Waals surface area contributed by atoms with Gasteiger partial charge in [0.25, 0.3) is 0 Å². The molecule has 1 N–H and O–H groups in total. The fraction of sp³-hybridized carbons (Fsp3) is 0.0385. The van der Waals surface area contributed by atoms with Gasteiger partial charge in [-0.2, -0.15) is 0 Å². The molecule has 31 heavy (non-hydrogen) atoms. The molecule has 0 aromatic heterocycles. The number of rotatable bonds is 3. The van der Waals surface area contributed by atoms with Crippen LogP contribution in [0.1, 0.15) is 5.56 Å². The van der Waals surface area contributed by atoms with Crippen LogP contribution in [0.2, 0.25) is 0 Å². The first-order chi connectivity index (χ1) is 15.2. The molecule has 0 fully saturated rings. The van der Waals surface area contributed by atoms with Crippen LogP contribution in [0.3, 0.4) is 0 Å². The van der Waals surface area contributed by atoms with Gasteiger partial charge in [0.05, 0.1) is 6.04 Å². The van der Waals surface area contributed by atoms with Crippen molar-refractivity contribution in [3.63, 3.8) is 0 Å². The summed E-state index contributed by atoms with van der Waals surface area (Å²) in [6.45, 7) is 0. The molecule has 1 aliphatic carbocycles. The minimum absolute atomic E-state index is 0.0430. The van der Waals surface area contributed by atoms with Gasteiger partial charge in [-0.25, -0.2) is 0 Å². The van der Waals surface area contributed by atoms with Gasteiger partial charge >= 0.3 is 37.9 Å². The molecule has 152 valence electrons. The second-order valence-corrected chi connectivity index (χ2v) is 10.8. The summed E-state index contributed by atoms with van der Waals surface area (Å²) in [4.78, 5) is 4.56. The number of halogens is 2. The third-order valence-corrected chi connectivity index (χ3v) is 5.22. The van der Waals surface area contributed by atoms with Crippen LogP contribution in [-0.2, 0) is 20.8 Å². The van der Waals surface area contributed by atoms with Gasteiger partial charge in [0, 0.05) is 22.9 Å². The summed E-state index contributed by atoms with van der Waals surface area (Å²) < 4.78 is 0. The predicted octanol–water partition coefficient (Wildman–Crippen LogP) is 7.66. The van der Waals surface area contributed by atoms with Gasteiger partial charge in [-0.05, 0) is 33.7 Å². The molecular formula is C26H19Cl2NOZr. The number of fused-ring (bicyclic) bond motifs is 2. The van der Waals surface area contributed by atoms with Crippen LogP contribution in [-0.4, -0.2) is 17.4 Å². The Kier molecular flexibility index (Phi) is 7.40. The van der Waals surface area contributed by atoms with Crippen LogP contribution in [0.4, 0.5) is 0 Å². The molecule has 0 aliphatic heterocycles. The summed E-state index contributed by atoms with van der Waals surface area (Å²) in [6.07, 6.45) is 9.78. The Morgan fingerprint density at radius 1 is 0.806 bits per heavy atom. The van der Waals surface area contributed by atoms with E-state index in [9.17, 15) is 5.11 Å². The average molecular weight is 524 g/mol. The fourth-order valence-corrected chi connectivity index (χ4v) is 3.86.